The van der Waals surface area contributed by atoms with Crippen LogP contribution in [0.4, 0.5) is 0 Å². The predicted octanol–water partition coefficient (Wildman–Crippen LogP) is 3.76. The van der Waals surface area contributed by atoms with Crippen molar-refractivity contribution in [2.24, 2.45) is 5.92 Å². The number of halogens is 1. The van der Waals surface area contributed by atoms with Crippen molar-refractivity contribution in [3.63, 3.8) is 0 Å². The Labute approximate surface area is 244 Å². The summed E-state index contributed by atoms with van der Waals surface area (Å²) in [7, 11) is 4.79. The molecule has 8 nitrogen and oxygen atoms in total. The van der Waals surface area contributed by atoms with Gasteiger partial charge in [-0.05, 0) is 24.5 Å². The van der Waals surface area contributed by atoms with Gasteiger partial charge in [-0.1, -0.05) is 28.8 Å². The first-order valence-electron chi connectivity index (χ1n) is 11.5. The molecule has 39 heavy (non-hydrogen) atoms. The largest absolute Gasteiger partial charge is 0.496 e. The number of hydrogen-bond donors (Lipinski definition) is 0. The number of ether oxygens (including phenoxy) is 1. The van der Waals surface area contributed by atoms with Gasteiger partial charge >= 0.3 is 26.3 Å². The minimum Gasteiger partial charge on any atom is -0.496 e. The molecule has 0 aromatic carbocycles. The van der Waals surface area contributed by atoms with Gasteiger partial charge < -0.3 is 30.6 Å². The average molecular weight is 608 g/mol. The molecular formula is C28H25ClN4NiO4S-2. The molecule has 1 saturated carbocycles. The monoisotopic (exact) mass is 606 g/mol. The molecule has 0 N–H and O–H groups in total. The molecule has 4 rings (SSSR count). The van der Waals surface area contributed by atoms with Gasteiger partial charge in [0.25, 0.3) is 0 Å². The van der Waals surface area contributed by atoms with Crippen LogP contribution < -0.4 is 4.74 Å². The zero-order valence-electron chi connectivity index (χ0n) is 21.5. The Hall–Kier alpha value is -3.47. The van der Waals surface area contributed by atoms with Gasteiger partial charge in [0.2, 0.25) is 5.91 Å². The summed E-state index contributed by atoms with van der Waals surface area (Å²) in [6, 6.07) is 1.55. The number of nitrogens with zero attached hydrogens (tertiary/aromatic N) is 4. The standard InChI is InChI=1S/C19H18ClN2O4.C7H5N2S.C2H2.Ni/c1-22(2)19(25)5-4-12-6-14(24)8-13(11-23)15(7-12)16-9-18(20)21-10-17(16)26-3;1-2-6(1)3-4-7-9-8-5-10-7;1-2;/h4,7-10H,5-6H2,1-3H3;6H,1-2H2;1H2;/q2*-1;;/b12-4-;;;. The number of pyridine rings is 1. The normalized spacial score (nSPS) is 14.9. The van der Waals surface area contributed by atoms with Gasteiger partial charge in [0, 0.05) is 37.9 Å². The molecule has 206 valence electrons. The molecule has 0 bridgehead atoms. The van der Waals surface area contributed by atoms with Crippen molar-refractivity contribution in [1.29, 1.82) is 0 Å². The zero-order chi connectivity index (χ0) is 28.8. The van der Waals surface area contributed by atoms with E-state index in [1.165, 1.54) is 48.5 Å². The zero-order valence-corrected chi connectivity index (χ0v) is 24.1. The van der Waals surface area contributed by atoms with E-state index in [1.54, 1.807) is 38.6 Å². The summed E-state index contributed by atoms with van der Waals surface area (Å²) in [5, 5.41) is 8.32. The third-order valence-corrected chi connectivity index (χ3v) is 5.84. The van der Waals surface area contributed by atoms with E-state index in [1.807, 2.05) is 0 Å². The van der Waals surface area contributed by atoms with Gasteiger partial charge in [-0.3, -0.25) is 9.89 Å². The maximum Gasteiger partial charge on any atom is 0.225 e. The predicted molar refractivity (Wildman–Crippen MR) is 148 cm³/mol. The van der Waals surface area contributed by atoms with E-state index < -0.39 is 0 Å². The molecule has 1 fully saturated rings. The van der Waals surface area contributed by atoms with Crippen molar-refractivity contribution in [2.45, 2.75) is 25.7 Å². The molecule has 11 heteroatoms. The number of allylic oxidation sites excluding steroid dienone is 5. The van der Waals surface area contributed by atoms with Crippen LogP contribution in [-0.4, -0.2) is 63.9 Å². The Bertz CT molecular complexity index is 1380. The maximum absolute atomic E-state index is 12.1. The summed E-state index contributed by atoms with van der Waals surface area (Å²) < 4.78 is 7.42. The SMILES string of the molecule is C(#CC1CC1)c1nn[c-]s1.C=[C]=[Ni].COc1cnc(Cl)cc1C1=C/C(=C\CC(=O)N(C)C)CC(=O)C=C1[C-]=O. The Morgan fingerprint density at radius 1 is 1.41 bits per heavy atom. The number of carbonyl (C=O) groups excluding carboxylic acids is 3. The van der Waals surface area contributed by atoms with E-state index in [0.717, 1.165) is 5.01 Å². The Kier molecular flexibility index (Phi) is 13.4. The van der Waals surface area contributed by atoms with Crippen molar-refractivity contribution in [3.05, 3.63) is 69.5 Å². The fourth-order valence-electron chi connectivity index (χ4n) is 3.03. The summed E-state index contributed by atoms with van der Waals surface area (Å²) in [6.07, 6.45) is 10.6. The number of carbonyl (C=O) groups is 2. The maximum atomic E-state index is 12.1. The van der Waals surface area contributed by atoms with Crippen molar-refractivity contribution in [1.82, 2.24) is 20.1 Å². The smallest absolute Gasteiger partial charge is 0.225 e. The molecule has 0 spiro atoms. The molecule has 0 aliphatic heterocycles. The molecule has 2 aliphatic rings. The summed E-state index contributed by atoms with van der Waals surface area (Å²) in [5.74, 6) is 6.75. The number of aromatic nitrogens is 3. The summed E-state index contributed by atoms with van der Waals surface area (Å²) in [5.41, 5.74) is 4.32. The molecule has 0 unspecified atom stereocenters. The van der Waals surface area contributed by atoms with Crippen LogP contribution in [0.1, 0.15) is 36.3 Å². The van der Waals surface area contributed by atoms with Crippen LogP contribution in [0.25, 0.3) is 5.57 Å². The van der Waals surface area contributed by atoms with Gasteiger partial charge in [0.1, 0.15) is 16.7 Å². The van der Waals surface area contributed by atoms with Crippen LogP contribution in [0.2, 0.25) is 5.15 Å². The van der Waals surface area contributed by atoms with Gasteiger partial charge in [0.05, 0.1) is 19.6 Å². The number of hydrogen-bond acceptors (Lipinski definition) is 8. The fourth-order valence-corrected chi connectivity index (χ4v) is 3.54. The summed E-state index contributed by atoms with van der Waals surface area (Å²) in [6.45, 7) is 3.07. The quantitative estimate of drug-likeness (QED) is 0.221. The molecule has 2 aromatic heterocycles. The van der Waals surface area contributed by atoms with Crippen LogP contribution in [0.15, 0.2) is 48.2 Å². The van der Waals surface area contributed by atoms with Crippen LogP contribution in [-0.2, 0) is 29.4 Å². The van der Waals surface area contributed by atoms with E-state index >= 15 is 0 Å². The summed E-state index contributed by atoms with van der Waals surface area (Å²) >= 11 is 11.2. The van der Waals surface area contributed by atoms with E-state index in [4.69, 9.17) is 16.3 Å². The van der Waals surface area contributed by atoms with Gasteiger partial charge in [-0.2, -0.15) is 0 Å². The molecular weight excluding hydrogens is 583 g/mol. The third-order valence-electron chi connectivity index (χ3n) is 5.08. The van der Waals surface area contributed by atoms with Crippen LogP contribution in [0.3, 0.4) is 0 Å². The molecule has 2 aliphatic carbocycles. The number of rotatable bonds is 5. The van der Waals surface area contributed by atoms with Gasteiger partial charge in [-0.15, -0.1) is 35.1 Å². The van der Waals surface area contributed by atoms with Crippen molar-refractivity contribution in [2.75, 3.05) is 21.2 Å². The summed E-state index contributed by atoms with van der Waals surface area (Å²) in [4.78, 5) is 40.8. The number of amides is 1. The topological polar surface area (TPSA) is 102 Å². The number of ketones is 1. The van der Waals surface area contributed by atoms with E-state index in [2.05, 4.69) is 58.8 Å². The van der Waals surface area contributed by atoms with Crippen molar-refractivity contribution < 1.29 is 34.2 Å². The van der Waals surface area contributed by atoms with Crippen LogP contribution in [0, 0.1) is 23.3 Å². The minimum absolute atomic E-state index is 0.0799. The Balaban J connectivity index is 0.000000335. The van der Waals surface area contributed by atoms with E-state index in [9.17, 15) is 14.4 Å². The molecule has 0 saturated heterocycles. The average Bonchev–Trinajstić information content (AvgIpc) is 3.63. The molecule has 1 amide bonds. The van der Waals surface area contributed by atoms with E-state index in [0.29, 0.717) is 28.4 Å². The van der Waals surface area contributed by atoms with Crippen LogP contribution >= 0.6 is 22.9 Å². The number of methoxy groups -OCH3 is 1. The minimum atomic E-state index is -0.253. The second-order valence-corrected chi connectivity index (χ2v) is 9.70. The molecule has 0 radical (unpaired) electrons. The first kappa shape index (κ1) is 31.7. The van der Waals surface area contributed by atoms with E-state index in [-0.39, 0.29) is 35.3 Å². The molecule has 2 heterocycles. The first-order valence-corrected chi connectivity index (χ1v) is 13.2. The first-order chi connectivity index (χ1) is 18.7. The fraction of sp³-hybridized carbons (Fsp3) is 0.286. The van der Waals surface area contributed by atoms with Crippen molar-refractivity contribution in [3.8, 4) is 17.6 Å². The second kappa shape index (κ2) is 16.5. The van der Waals surface area contributed by atoms with Crippen molar-refractivity contribution >= 4 is 51.1 Å². The second-order valence-electron chi connectivity index (χ2n) is 8.19. The van der Waals surface area contributed by atoms with Crippen LogP contribution in [0.5, 0.6) is 5.75 Å². The molecule has 2 aromatic rings. The van der Waals surface area contributed by atoms with Gasteiger partial charge in [0.15, 0.2) is 0 Å². The molecule has 0 atom stereocenters. The Morgan fingerprint density at radius 2 is 2.13 bits per heavy atom. The third kappa shape index (κ3) is 11.0. The van der Waals surface area contributed by atoms with Gasteiger partial charge in [-0.25, -0.2) is 10.1 Å². The Morgan fingerprint density at radius 3 is 2.69 bits per heavy atom.